The molecule has 1 heterocycles. The predicted molar refractivity (Wildman–Crippen MR) is 99.6 cm³/mol. The summed E-state index contributed by atoms with van der Waals surface area (Å²) in [5, 5.41) is 3.42. The Hall–Kier alpha value is -2.31. The summed E-state index contributed by atoms with van der Waals surface area (Å²) < 4.78 is 21.6. The van der Waals surface area contributed by atoms with Gasteiger partial charge in [-0.2, -0.15) is 0 Å². The molecule has 0 unspecified atom stereocenters. The van der Waals surface area contributed by atoms with Crippen LogP contribution in [-0.2, 0) is 0 Å². The highest BCUT2D eigenvalue weighted by molar-refractivity contribution is 6.33. The average Bonchev–Trinajstić information content (AvgIpc) is 2.87. The molecule has 0 fully saturated rings. The van der Waals surface area contributed by atoms with E-state index in [0.29, 0.717) is 57.5 Å². The van der Waals surface area contributed by atoms with Gasteiger partial charge in [-0.05, 0) is 18.2 Å². The fourth-order valence-corrected chi connectivity index (χ4v) is 3.02. The Labute approximate surface area is 160 Å². The molecular weight excluding hydrogens is 381 g/mol. The number of methoxy groups -OCH3 is 2. The monoisotopic (exact) mass is 397 g/mol. The molecule has 6 nitrogen and oxygen atoms in total. The van der Waals surface area contributed by atoms with E-state index in [1.807, 2.05) is 0 Å². The second kappa shape index (κ2) is 7.93. The fraction of sp³-hybridized carbons (Fsp3) is 0.278. The number of ether oxygens (including phenoxy) is 4. The number of hydrogen-bond acceptors (Lipinski definition) is 5. The molecule has 1 aliphatic rings. The summed E-state index contributed by atoms with van der Waals surface area (Å²) in [7, 11) is 2.99. The van der Waals surface area contributed by atoms with Gasteiger partial charge in [0.15, 0.2) is 11.5 Å². The van der Waals surface area contributed by atoms with E-state index in [9.17, 15) is 4.79 Å². The molecule has 3 rings (SSSR count). The number of halogens is 2. The van der Waals surface area contributed by atoms with Crippen LogP contribution in [-0.4, -0.2) is 33.3 Å². The van der Waals surface area contributed by atoms with E-state index >= 15 is 0 Å². The zero-order valence-corrected chi connectivity index (χ0v) is 15.7. The topological polar surface area (TPSA) is 66.0 Å². The lowest BCUT2D eigenvalue weighted by atomic mass is 10.1. The highest BCUT2D eigenvalue weighted by atomic mass is 35.5. The number of rotatable bonds is 4. The Kier molecular flexibility index (Phi) is 5.64. The van der Waals surface area contributed by atoms with Crippen molar-refractivity contribution in [2.24, 2.45) is 0 Å². The van der Waals surface area contributed by atoms with E-state index < -0.39 is 0 Å². The van der Waals surface area contributed by atoms with E-state index in [2.05, 4.69) is 5.32 Å². The van der Waals surface area contributed by atoms with Crippen LogP contribution in [0.3, 0.4) is 0 Å². The Morgan fingerprint density at radius 2 is 1.73 bits per heavy atom. The molecule has 1 aliphatic heterocycles. The minimum Gasteiger partial charge on any atom is -0.495 e. The molecule has 0 bridgehead atoms. The van der Waals surface area contributed by atoms with Gasteiger partial charge in [0.2, 0.25) is 0 Å². The van der Waals surface area contributed by atoms with Gasteiger partial charge in [0.1, 0.15) is 11.5 Å². The maximum absolute atomic E-state index is 12.7. The smallest absolute Gasteiger partial charge is 0.255 e. The lowest BCUT2D eigenvalue weighted by Crippen LogP contribution is -2.13. The molecule has 1 N–H and O–H groups in total. The quantitative estimate of drug-likeness (QED) is 0.826. The normalized spacial score (nSPS) is 12.9. The lowest BCUT2D eigenvalue weighted by molar-refractivity contribution is 0.102. The van der Waals surface area contributed by atoms with Crippen LogP contribution in [0.25, 0.3) is 0 Å². The summed E-state index contributed by atoms with van der Waals surface area (Å²) in [6, 6.07) is 6.28. The second-order valence-corrected chi connectivity index (χ2v) is 6.29. The SMILES string of the molecule is COc1cc(OC)c(NC(=O)c2cc(Cl)c3c(c2)OCCCO3)cc1Cl. The van der Waals surface area contributed by atoms with Gasteiger partial charge in [0.05, 0.1) is 43.2 Å². The van der Waals surface area contributed by atoms with E-state index in [4.69, 9.17) is 42.1 Å². The van der Waals surface area contributed by atoms with Crippen molar-refractivity contribution in [3.63, 3.8) is 0 Å². The minimum atomic E-state index is -0.387. The standard InChI is InChI=1S/C18H17Cl2NO5/c1-23-14-9-15(24-2)13(8-11(14)19)21-18(22)10-6-12(20)17-16(7-10)25-4-3-5-26-17/h6-9H,3-5H2,1-2H3,(H,21,22). The zero-order valence-electron chi connectivity index (χ0n) is 14.2. The summed E-state index contributed by atoms with van der Waals surface area (Å²) in [6.07, 6.45) is 0.744. The number of anilines is 1. The van der Waals surface area contributed by atoms with Crippen molar-refractivity contribution in [1.82, 2.24) is 0 Å². The fourth-order valence-electron chi connectivity index (χ4n) is 2.51. The Bertz CT molecular complexity index is 841. The van der Waals surface area contributed by atoms with E-state index in [-0.39, 0.29) is 5.91 Å². The summed E-state index contributed by atoms with van der Waals surface area (Å²) in [5.41, 5.74) is 0.736. The van der Waals surface area contributed by atoms with Gasteiger partial charge in [0.25, 0.3) is 5.91 Å². The maximum Gasteiger partial charge on any atom is 0.255 e. The summed E-state index contributed by atoms with van der Waals surface area (Å²) in [4.78, 5) is 12.7. The Balaban J connectivity index is 1.90. The van der Waals surface area contributed by atoms with E-state index in [1.165, 1.54) is 20.3 Å². The third-order valence-electron chi connectivity index (χ3n) is 3.79. The first-order valence-electron chi connectivity index (χ1n) is 7.85. The Morgan fingerprint density at radius 3 is 2.46 bits per heavy atom. The number of carbonyl (C=O) groups excluding carboxylic acids is 1. The summed E-state index contributed by atoms with van der Waals surface area (Å²) >= 11 is 12.4. The molecule has 0 aromatic heterocycles. The van der Waals surface area contributed by atoms with Gasteiger partial charge in [-0.3, -0.25) is 4.79 Å². The van der Waals surface area contributed by atoms with Crippen LogP contribution in [0.2, 0.25) is 10.0 Å². The van der Waals surface area contributed by atoms with Crippen molar-refractivity contribution in [1.29, 1.82) is 0 Å². The third-order valence-corrected chi connectivity index (χ3v) is 4.36. The second-order valence-electron chi connectivity index (χ2n) is 5.48. The van der Waals surface area contributed by atoms with Crippen LogP contribution in [0.4, 0.5) is 5.69 Å². The first-order chi connectivity index (χ1) is 12.5. The van der Waals surface area contributed by atoms with Gasteiger partial charge in [0, 0.05) is 18.1 Å². The molecule has 0 saturated heterocycles. The zero-order chi connectivity index (χ0) is 18.7. The molecule has 0 spiro atoms. The van der Waals surface area contributed by atoms with Gasteiger partial charge >= 0.3 is 0 Å². The molecule has 0 radical (unpaired) electrons. The van der Waals surface area contributed by atoms with Gasteiger partial charge in [-0.25, -0.2) is 0 Å². The first kappa shape index (κ1) is 18.5. The molecule has 0 aliphatic carbocycles. The van der Waals surface area contributed by atoms with Crippen LogP contribution in [0.1, 0.15) is 16.8 Å². The summed E-state index contributed by atoms with van der Waals surface area (Å²) in [5.74, 6) is 1.37. The van der Waals surface area contributed by atoms with Gasteiger partial charge < -0.3 is 24.3 Å². The van der Waals surface area contributed by atoms with Crippen molar-refractivity contribution < 1.29 is 23.7 Å². The highest BCUT2D eigenvalue weighted by Crippen LogP contribution is 2.39. The number of amides is 1. The molecular formula is C18H17Cl2NO5. The van der Waals surface area contributed by atoms with Crippen molar-refractivity contribution >= 4 is 34.8 Å². The molecule has 2 aromatic carbocycles. The third kappa shape index (κ3) is 3.76. The number of fused-ring (bicyclic) bond motifs is 1. The largest absolute Gasteiger partial charge is 0.495 e. The first-order valence-corrected chi connectivity index (χ1v) is 8.61. The van der Waals surface area contributed by atoms with Gasteiger partial charge in [-0.1, -0.05) is 23.2 Å². The van der Waals surface area contributed by atoms with Crippen molar-refractivity contribution in [2.75, 3.05) is 32.8 Å². The molecule has 8 heteroatoms. The highest BCUT2D eigenvalue weighted by Gasteiger charge is 2.20. The molecule has 2 aromatic rings. The minimum absolute atomic E-state index is 0.314. The predicted octanol–water partition coefficient (Wildman–Crippen LogP) is 4.42. The average molecular weight is 398 g/mol. The van der Waals surface area contributed by atoms with Crippen molar-refractivity contribution in [2.45, 2.75) is 6.42 Å². The lowest BCUT2D eigenvalue weighted by Gasteiger charge is -2.14. The maximum atomic E-state index is 12.7. The van der Waals surface area contributed by atoms with E-state index in [0.717, 1.165) is 6.42 Å². The molecule has 0 atom stereocenters. The van der Waals surface area contributed by atoms with Crippen LogP contribution < -0.4 is 24.3 Å². The number of benzene rings is 2. The number of carbonyl (C=O) groups is 1. The molecule has 26 heavy (non-hydrogen) atoms. The van der Waals surface area contributed by atoms with Crippen LogP contribution in [0.15, 0.2) is 24.3 Å². The van der Waals surface area contributed by atoms with Crippen LogP contribution >= 0.6 is 23.2 Å². The summed E-state index contributed by atoms with van der Waals surface area (Å²) in [6.45, 7) is 1.01. The molecule has 1 amide bonds. The molecule has 0 saturated carbocycles. The van der Waals surface area contributed by atoms with Crippen LogP contribution in [0.5, 0.6) is 23.0 Å². The number of nitrogens with one attached hydrogen (secondary N) is 1. The van der Waals surface area contributed by atoms with E-state index in [1.54, 1.807) is 18.2 Å². The van der Waals surface area contributed by atoms with Crippen molar-refractivity contribution in [3.8, 4) is 23.0 Å². The number of hydrogen-bond donors (Lipinski definition) is 1. The van der Waals surface area contributed by atoms with Crippen molar-refractivity contribution in [3.05, 3.63) is 39.9 Å². The Morgan fingerprint density at radius 1 is 1.00 bits per heavy atom. The van der Waals surface area contributed by atoms with Crippen LogP contribution in [0, 0.1) is 0 Å². The molecule has 138 valence electrons. The van der Waals surface area contributed by atoms with Gasteiger partial charge in [-0.15, -0.1) is 0 Å².